The van der Waals surface area contributed by atoms with E-state index in [1.807, 2.05) is 0 Å². The lowest BCUT2D eigenvalue weighted by Crippen LogP contribution is -2.14. The fourth-order valence-electron chi connectivity index (χ4n) is 1.84. The summed E-state index contributed by atoms with van der Waals surface area (Å²) in [6, 6.07) is 12.2. The van der Waals surface area contributed by atoms with Gasteiger partial charge in [0.15, 0.2) is 22.2 Å². The first-order chi connectivity index (χ1) is 10.8. The first-order valence-corrected chi connectivity index (χ1v) is 8.81. The van der Waals surface area contributed by atoms with Crippen molar-refractivity contribution in [1.82, 2.24) is 0 Å². The van der Waals surface area contributed by atoms with Crippen molar-refractivity contribution < 1.29 is 22.7 Å². The van der Waals surface area contributed by atoms with E-state index < -0.39 is 22.4 Å². The van der Waals surface area contributed by atoms with Gasteiger partial charge in [0, 0.05) is 11.8 Å². The molecule has 120 valence electrons. The second-order valence-corrected chi connectivity index (χ2v) is 7.17. The first-order valence-electron chi connectivity index (χ1n) is 6.54. The summed E-state index contributed by atoms with van der Waals surface area (Å²) in [5.41, 5.74) is 0.434. The summed E-state index contributed by atoms with van der Waals surface area (Å²) in [6.07, 6.45) is 0.988. The van der Waals surface area contributed by atoms with Gasteiger partial charge in [-0.15, -0.1) is 0 Å². The van der Waals surface area contributed by atoms with Gasteiger partial charge in [-0.3, -0.25) is 4.79 Å². The SMILES string of the molecule is CS(=O)(=O)c1cc(C(=O)OCC(=O)c2ccccc2)ccc1Cl. The average Bonchev–Trinajstić information content (AvgIpc) is 2.52. The Morgan fingerprint density at radius 1 is 1.04 bits per heavy atom. The van der Waals surface area contributed by atoms with Crippen molar-refractivity contribution in [2.24, 2.45) is 0 Å². The van der Waals surface area contributed by atoms with Crippen molar-refractivity contribution in [2.75, 3.05) is 12.9 Å². The molecule has 0 aliphatic heterocycles. The van der Waals surface area contributed by atoms with Crippen molar-refractivity contribution in [3.63, 3.8) is 0 Å². The maximum absolute atomic E-state index is 12.0. The lowest BCUT2D eigenvalue weighted by molar-refractivity contribution is 0.0474. The first kappa shape index (κ1) is 17.2. The number of esters is 1. The molecule has 2 aromatic carbocycles. The third-order valence-corrected chi connectivity index (χ3v) is 4.57. The normalized spacial score (nSPS) is 11.0. The summed E-state index contributed by atoms with van der Waals surface area (Å²) >= 11 is 5.81. The lowest BCUT2D eigenvalue weighted by Gasteiger charge is -2.07. The molecule has 0 saturated heterocycles. The predicted octanol–water partition coefficient (Wildman–Crippen LogP) is 2.78. The number of hydrogen-bond donors (Lipinski definition) is 0. The molecule has 5 nitrogen and oxygen atoms in total. The van der Waals surface area contributed by atoms with Crippen LogP contribution in [0.2, 0.25) is 5.02 Å². The van der Waals surface area contributed by atoms with Crippen molar-refractivity contribution in [2.45, 2.75) is 4.90 Å². The van der Waals surface area contributed by atoms with Crippen LogP contribution in [0.1, 0.15) is 20.7 Å². The summed E-state index contributed by atoms with van der Waals surface area (Å²) in [5.74, 6) is -1.15. The maximum atomic E-state index is 12.0. The van der Waals surface area contributed by atoms with Crippen LogP contribution < -0.4 is 0 Å². The number of carbonyl (C=O) groups excluding carboxylic acids is 2. The highest BCUT2D eigenvalue weighted by atomic mass is 35.5. The van der Waals surface area contributed by atoms with Gasteiger partial charge in [0.05, 0.1) is 15.5 Å². The van der Waals surface area contributed by atoms with E-state index >= 15 is 0 Å². The molecule has 0 spiro atoms. The van der Waals surface area contributed by atoms with Crippen LogP contribution in [0, 0.1) is 0 Å². The molecule has 23 heavy (non-hydrogen) atoms. The third kappa shape index (κ3) is 4.40. The number of Topliss-reactive ketones (excluding diaryl/α,β-unsaturated/α-hetero) is 1. The highest BCUT2D eigenvalue weighted by Crippen LogP contribution is 2.23. The highest BCUT2D eigenvalue weighted by Gasteiger charge is 2.17. The summed E-state index contributed by atoms with van der Waals surface area (Å²) in [5, 5.41) is 0.0180. The molecule has 0 saturated carbocycles. The van der Waals surface area contributed by atoms with Crippen LogP contribution in [-0.2, 0) is 14.6 Å². The number of benzene rings is 2. The number of hydrogen-bond acceptors (Lipinski definition) is 5. The second kappa shape index (κ2) is 6.93. The van der Waals surface area contributed by atoms with E-state index in [0.29, 0.717) is 5.56 Å². The molecule has 0 fully saturated rings. The van der Waals surface area contributed by atoms with Crippen molar-refractivity contribution in [3.8, 4) is 0 Å². The molecular formula is C16H13ClO5S. The fraction of sp³-hybridized carbons (Fsp3) is 0.125. The minimum atomic E-state index is -3.57. The number of halogens is 1. The third-order valence-electron chi connectivity index (χ3n) is 3.00. The lowest BCUT2D eigenvalue weighted by atomic mass is 10.1. The minimum absolute atomic E-state index is 0.00990. The Morgan fingerprint density at radius 3 is 2.30 bits per heavy atom. The number of sulfone groups is 1. The van der Waals surface area contributed by atoms with Crippen LogP contribution in [-0.4, -0.2) is 33.0 Å². The van der Waals surface area contributed by atoms with E-state index in [4.69, 9.17) is 16.3 Å². The topological polar surface area (TPSA) is 77.5 Å². The zero-order chi connectivity index (χ0) is 17.0. The van der Waals surface area contributed by atoms with Gasteiger partial charge in [-0.05, 0) is 18.2 Å². The highest BCUT2D eigenvalue weighted by molar-refractivity contribution is 7.90. The largest absolute Gasteiger partial charge is 0.454 e. The molecule has 0 unspecified atom stereocenters. The summed E-state index contributed by atoms with van der Waals surface area (Å²) < 4.78 is 28.1. The number of ketones is 1. The van der Waals surface area contributed by atoms with Gasteiger partial charge in [0.2, 0.25) is 0 Å². The van der Waals surface area contributed by atoms with Crippen molar-refractivity contribution >= 4 is 33.2 Å². The van der Waals surface area contributed by atoms with Gasteiger partial charge >= 0.3 is 5.97 Å². The Balaban J connectivity index is 2.11. The molecule has 0 amide bonds. The molecule has 2 rings (SSSR count). The molecule has 2 aromatic rings. The minimum Gasteiger partial charge on any atom is -0.454 e. The Hall–Kier alpha value is -2.18. The summed E-state index contributed by atoms with van der Waals surface area (Å²) in [7, 11) is -3.57. The van der Waals surface area contributed by atoms with E-state index in [2.05, 4.69) is 0 Å². The van der Waals surface area contributed by atoms with E-state index in [-0.39, 0.29) is 21.3 Å². The Labute approximate surface area is 138 Å². The van der Waals surface area contributed by atoms with Crippen LogP contribution >= 0.6 is 11.6 Å². The van der Waals surface area contributed by atoms with Crippen molar-refractivity contribution in [3.05, 3.63) is 64.7 Å². The number of ether oxygens (including phenoxy) is 1. The quantitative estimate of drug-likeness (QED) is 0.610. The predicted molar refractivity (Wildman–Crippen MR) is 85.6 cm³/mol. The van der Waals surface area contributed by atoms with Crippen LogP contribution in [0.15, 0.2) is 53.4 Å². The number of carbonyl (C=O) groups is 2. The van der Waals surface area contributed by atoms with Crippen molar-refractivity contribution in [1.29, 1.82) is 0 Å². The zero-order valence-corrected chi connectivity index (χ0v) is 13.7. The standard InChI is InChI=1S/C16H13ClO5S/c1-23(20,21)15-9-12(7-8-13(15)17)16(19)22-10-14(18)11-5-3-2-4-6-11/h2-9H,10H2,1H3. The Morgan fingerprint density at radius 2 is 1.70 bits per heavy atom. The zero-order valence-electron chi connectivity index (χ0n) is 12.2. The molecule has 0 aliphatic carbocycles. The van der Waals surface area contributed by atoms with Gasteiger partial charge in [0.25, 0.3) is 0 Å². The molecule has 7 heteroatoms. The molecule has 0 aliphatic rings. The summed E-state index contributed by atoms with van der Waals surface area (Å²) in [4.78, 5) is 23.7. The van der Waals surface area contributed by atoms with Crippen LogP contribution in [0.5, 0.6) is 0 Å². The second-order valence-electron chi connectivity index (χ2n) is 4.78. The van der Waals surface area contributed by atoms with Crippen LogP contribution in [0.25, 0.3) is 0 Å². The van der Waals surface area contributed by atoms with E-state index in [9.17, 15) is 18.0 Å². The van der Waals surface area contributed by atoms with Crippen LogP contribution in [0.4, 0.5) is 0 Å². The molecule has 0 aromatic heterocycles. The maximum Gasteiger partial charge on any atom is 0.338 e. The van der Waals surface area contributed by atoms with E-state index in [0.717, 1.165) is 12.3 Å². The average molecular weight is 353 g/mol. The monoisotopic (exact) mass is 352 g/mol. The van der Waals surface area contributed by atoms with E-state index in [1.165, 1.54) is 12.1 Å². The van der Waals surface area contributed by atoms with Gasteiger partial charge in [-0.1, -0.05) is 41.9 Å². The van der Waals surface area contributed by atoms with Gasteiger partial charge in [-0.25, -0.2) is 13.2 Å². The van der Waals surface area contributed by atoms with Gasteiger partial charge < -0.3 is 4.74 Å². The van der Waals surface area contributed by atoms with Gasteiger partial charge in [-0.2, -0.15) is 0 Å². The molecular weight excluding hydrogens is 340 g/mol. The van der Waals surface area contributed by atoms with E-state index in [1.54, 1.807) is 30.3 Å². The molecule has 0 atom stereocenters. The smallest absolute Gasteiger partial charge is 0.338 e. The number of rotatable bonds is 5. The molecule has 0 heterocycles. The fourth-order valence-corrected chi connectivity index (χ4v) is 3.14. The Kier molecular flexibility index (Phi) is 5.18. The Bertz CT molecular complexity index is 844. The molecule has 0 radical (unpaired) electrons. The van der Waals surface area contributed by atoms with Gasteiger partial charge in [0.1, 0.15) is 0 Å². The summed E-state index contributed by atoms with van der Waals surface area (Å²) in [6.45, 7) is -0.431. The molecule has 0 bridgehead atoms. The van der Waals surface area contributed by atoms with Crippen LogP contribution in [0.3, 0.4) is 0 Å². The molecule has 0 N–H and O–H groups in total.